The maximum absolute atomic E-state index is 12.3. The monoisotopic (exact) mass is 374 g/mol. The summed E-state index contributed by atoms with van der Waals surface area (Å²) < 4.78 is 46.1. The van der Waals surface area contributed by atoms with Gasteiger partial charge in [0.2, 0.25) is 0 Å². The molecule has 2 rings (SSSR count). The molecule has 0 unspecified atom stereocenters. The van der Waals surface area contributed by atoms with E-state index in [1.54, 1.807) is 19.1 Å². The van der Waals surface area contributed by atoms with Gasteiger partial charge in [-0.3, -0.25) is 8.78 Å². The molecular formula is C18H21ClF2O2S. The Morgan fingerprint density at radius 3 is 1.62 bits per heavy atom. The van der Waals surface area contributed by atoms with Crippen LogP contribution in [0.5, 0.6) is 0 Å². The number of hydrogen-bond donors (Lipinski definition) is 0. The second kappa shape index (κ2) is 9.74. The maximum Gasteiger partial charge on any atom is 0.261 e. The van der Waals surface area contributed by atoms with Crippen molar-refractivity contribution in [1.82, 2.24) is 0 Å². The van der Waals surface area contributed by atoms with Gasteiger partial charge in [0.1, 0.15) is 0 Å². The van der Waals surface area contributed by atoms with Crippen LogP contribution in [-0.4, -0.2) is 21.8 Å². The molecule has 24 heavy (non-hydrogen) atoms. The van der Waals surface area contributed by atoms with E-state index in [2.05, 4.69) is 0 Å². The molecule has 0 fully saturated rings. The van der Waals surface area contributed by atoms with E-state index in [1.807, 2.05) is 37.3 Å². The minimum Gasteiger partial charge on any atom is -0.250 e. The van der Waals surface area contributed by atoms with Crippen LogP contribution < -0.4 is 0 Å². The van der Waals surface area contributed by atoms with Crippen molar-refractivity contribution in [1.29, 1.82) is 0 Å². The van der Waals surface area contributed by atoms with Crippen molar-refractivity contribution in [3.63, 3.8) is 0 Å². The van der Waals surface area contributed by atoms with Crippen molar-refractivity contribution in [2.24, 2.45) is 0 Å². The lowest BCUT2D eigenvalue weighted by Gasteiger charge is -2.06. The van der Waals surface area contributed by atoms with Gasteiger partial charge in [0, 0.05) is 22.5 Å². The number of rotatable bonds is 5. The number of halogens is 3. The van der Waals surface area contributed by atoms with Crippen LogP contribution in [0.15, 0.2) is 59.5 Å². The van der Waals surface area contributed by atoms with Gasteiger partial charge in [-0.15, -0.1) is 0 Å². The first-order valence-corrected chi connectivity index (χ1v) is 9.82. The van der Waals surface area contributed by atoms with E-state index in [-0.39, 0.29) is 23.4 Å². The van der Waals surface area contributed by atoms with Crippen molar-refractivity contribution >= 4 is 19.7 Å². The lowest BCUT2D eigenvalue weighted by atomic mass is 10.0. The fraction of sp³-hybridized carbons (Fsp3) is 0.333. The molecule has 0 saturated carbocycles. The Balaban J connectivity index is 0.000000254. The Bertz CT molecular complexity index is 704. The highest BCUT2D eigenvalue weighted by atomic mass is 35.7. The molecule has 0 amide bonds. The predicted octanol–water partition coefficient (Wildman–Crippen LogP) is 5.45. The molecule has 0 aliphatic heterocycles. The van der Waals surface area contributed by atoms with Crippen molar-refractivity contribution in [2.75, 3.05) is 13.3 Å². The summed E-state index contributed by atoms with van der Waals surface area (Å²) in [6.45, 7) is 2.87. The van der Waals surface area contributed by atoms with E-state index in [0.717, 1.165) is 11.1 Å². The summed E-state index contributed by atoms with van der Waals surface area (Å²) in [5.74, 6) is -0.178. The van der Waals surface area contributed by atoms with E-state index in [9.17, 15) is 17.2 Å². The fourth-order valence-corrected chi connectivity index (χ4v) is 2.69. The largest absolute Gasteiger partial charge is 0.261 e. The van der Waals surface area contributed by atoms with E-state index in [4.69, 9.17) is 10.7 Å². The Morgan fingerprint density at radius 2 is 1.25 bits per heavy atom. The predicted molar refractivity (Wildman–Crippen MR) is 94.7 cm³/mol. The second-order valence-electron chi connectivity index (χ2n) is 5.53. The molecule has 2 aromatic carbocycles. The summed E-state index contributed by atoms with van der Waals surface area (Å²) >= 11 is 0. The van der Waals surface area contributed by atoms with Crippen molar-refractivity contribution in [2.45, 2.75) is 30.6 Å². The number of hydrogen-bond acceptors (Lipinski definition) is 2. The van der Waals surface area contributed by atoms with Crippen LogP contribution in [0.2, 0.25) is 0 Å². The summed E-state index contributed by atoms with van der Waals surface area (Å²) in [7, 11) is 1.45. The minimum atomic E-state index is -3.67. The average molecular weight is 375 g/mol. The number of benzene rings is 2. The van der Waals surface area contributed by atoms with E-state index >= 15 is 0 Å². The molecule has 0 aromatic heterocycles. The highest BCUT2D eigenvalue weighted by Gasteiger charge is 2.10. The SMILES string of the molecule is C[C@@H](CF)c1ccc(S(=O)(=O)Cl)cc1.C[C@@H](CF)c1ccccc1. The third-order valence-electron chi connectivity index (χ3n) is 3.56. The Morgan fingerprint density at radius 1 is 0.833 bits per heavy atom. The normalized spacial score (nSPS) is 13.5. The van der Waals surface area contributed by atoms with Crippen LogP contribution in [0.4, 0.5) is 8.78 Å². The van der Waals surface area contributed by atoms with Crippen LogP contribution in [0.25, 0.3) is 0 Å². The molecule has 0 saturated heterocycles. The van der Waals surface area contributed by atoms with Gasteiger partial charge in [-0.1, -0.05) is 56.3 Å². The molecule has 2 aromatic rings. The quantitative estimate of drug-likeness (QED) is 0.652. The van der Waals surface area contributed by atoms with Crippen molar-refractivity contribution in [3.05, 3.63) is 65.7 Å². The van der Waals surface area contributed by atoms with Gasteiger partial charge in [0.05, 0.1) is 18.2 Å². The zero-order chi connectivity index (χ0) is 18.2. The first-order valence-electron chi connectivity index (χ1n) is 7.51. The van der Waals surface area contributed by atoms with Crippen LogP contribution in [0, 0.1) is 0 Å². The van der Waals surface area contributed by atoms with Gasteiger partial charge < -0.3 is 0 Å². The zero-order valence-electron chi connectivity index (χ0n) is 13.6. The molecule has 2 nitrogen and oxygen atoms in total. The van der Waals surface area contributed by atoms with Crippen LogP contribution >= 0.6 is 10.7 Å². The molecule has 2 atom stereocenters. The van der Waals surface area contributed by atoms with Gasteiger partial charge in [-0.2, -0.15) is 0 Å². The molecular weight excluding hydrogens is 354 g/mol. The van der Waals surface area contributed by atoms with Gasteiger partial charge in [0.15, 0.2) is 0 Å². The van der Waals surface area contributed by atoms with Gasteiger partial charge >= 0.3 is 0 Å². The first-order chi connectivity index (χ1) is 11.3. The number of alkyl halides is 2. The Hall–Kier alpha value is -1.46. The van der Waals surface area contributed by atoms with Crippen molar-refractivity contribution in [3.8, 4) is 0 Å². The summed E-state index contributed by atoms with van der Waals surface area (Å²) in [6.07, 6.45) is 0. The maximum atomic E-state index is 12.3. The van der Waals surface area contributed by atoms with Crippen LogP contribution in [-0.2, 0) is 9.05 Å². The minimum absolute atomic E-state index is 0.0361. The smallest absolute Gasteiger partial charge is 0.250 e. The highest BCUT2D eigenvalue weighted by Crippen LogP contribution is 2.20. The standard InChI is InChI=1S/C9H10ClFO2S.C9H11F/c1-7(6-11)8-2-4-9(5-3-8)14(10,12)13;1-8(7-10)9-5-3-2-4-6-9/h2-5,7H,6H2,1H3;2-6,8H,7H2,1H3/t7-;8-/m00/s1. The molecule has 0 aliphatic carbocycles. The zero-order valence-corrected chi connectivity index (χ0v) is 15.2. The molecule has 0 heterocycles. The average Bonchev–Trinajstić information content (AvgIpc) is 2.61. The lowest BCUT2D eigenvalue weighted by molar-refractivity contribution is 0.447. The van der Waals surface area contributed by atoms with E-state index in [0.29, 0.717) is 0 Å². The summed E-state index contributed by atoms with van der Waals surface area (Å²) in [4.78, 5) is 0.0361. The third-order valence-corrected chi connectivity index (χ3v) is 4.93. The van der Waals surface area contributed by atoms with Crippen LogP contribution in [0.3, 0.4) is 0 Å². The molecule has 0 bridgehead atoms. The van der Waals surface area contributed by atoms with E-state index in [1.165, 1.54) is 12.1 Å². The summed E-state index contributed by atoms with van der Waals surface area (Å²) in [6, 6.07) is 15.6. The highest BCUT2D eigenvalue weighted by molar-refractivity contribution is 8.13. The third kappa shape index (κ3) is 6.57. The summed E-state index contributed by atoms with van der Waals surface area (Å²) in [5, 5.41) is 0. The molecule has 6 heteroatoms. The van der Waals surface area contributed by atoms with Gasteiger partial charge in [0.25, 0.3) is 9.05 Å². The molecule has 0 N–H and O–H groups in total. The topological polar surface area (TPSA) is 34.1 Å². The molecule has 132 valence electrons. The molecule has 0 spiro atoms. The van der Waals surface area contributed by atoms with Gasteiger partial charge in [-0.25, -0.2) is 8.42 Å². The molecule has 0 radical (unpaired) electrons. The molecule has 0 aliphatic rings. The second-order valence-corrected chi connectivity index (χ2v) is 8.09. The van der Waals surface area contributed by atoms with Crippen LogP contribution in [0.1, 0.15) is 36.8 Å². The Kier molecular flexibility index (Phi) is 8.36. The fourth-order valence-electron chi connectivity index (χ4n) is 1.92. The van der Waals surface area contributed by atoms with Crippen molar-refractivity contribution < 1.29 is 17.2 Å². The van der Waals surface area contributed by atoms with Gasteiger partial charge in [-0.05, 0) is 23.3 Å². The Labute approximate surface area is 146 Å². The summed E-state index contributed by atoms with van der Waals surface area (Å²) in [5.41, 5.74) is 1.83. The first kappa shape index (κ1) is 20.6. The lowest BCUT2D eigenvalue weighted by Crippen LogP contribution is -1.96. The van der Waals surface area contributed by atoms with E-state index < -0.39 is 15.7 Å².